The first-order chi connectivity index (χ1) is 12.3. The Hall–Kier alpha value is -3.19. The lowest BCUT2D eigenvalue weighted by molar-refractivity contribution is 0.0651. The third-order valence-electron chi connectivity index (χ3n) is 2.82. The molecule has 140 valence electrons. The molecule has 0 spiro atoms. The van der Waals surface area contributed by atoms with Gasteiger partial charge in [-0.2, -0.15) is 0 Å². The minimum atomic E-state index is -1.23. The Morgan fingerprint density at radius 3 is 1.31 bits per heavy atom. The van der Waals surface area contributed by atoms with Crippen LogP contribution in [-0.4, -0.2) is 46.4 Å². The standard InChI is InChI=1S/C8H6O4.C7H6O2.C4H10O/c9-7(10)5-3-1-2-4-6(5)8(11)12;8-7(9)6-4-2-1-3-5-6;1-3-5-4-2/h1-4H,(H,9,10)(H,11,12);1-5H,(H,8,9);3-4H2,1-2H3. The Morgan fingerprint density at radius 2 is 1.08 bits per heavy atom. The second-order valence-corrected chi connectivity index (χ2v) is 4.61. The van der Waals surface area contributed by atoms with E-state index in [0.29, 0.717) is 5.56 Å². The normalized spacial score (nSPS) is 9.00. The van der Waals surface area contributed by atoms with Crippen LogP contribution in [0.15, 0.2) is 54.6 Å². The molecule has 0 aliphatic heterocycles. The highest BCUT2D eigenvalue weighted by molar-refractivity contribution is 6.01. The summed E-state index contributed by atoms with van der Waals surface area (Å²) < 4.78 is 4.83. The molecule has 0 atom stereocenters. The van der Waals surface area contributed by atoms with Crippen LogP contribution in [0.2, 0.25) is 0 Å². The first-order valence-electron chi connectivity index (χ1n) is 7.76. The molecule has 3 N–H and O–H groups in total. The van der Waals surface area contributed by atoms with Crippen LogP contribution in [0.25, 0.3) is 0 Å². The van der Waals surface area contributed by atoms with Gasteiger partial charge < -0.3 is 20.1 Å². The van der Waals surface area contributed by atoms with Gasteiger partial charge in [0, 0.05) is 13.2 Å². The highest BCUT2D eigenvalue weighted by Gasteiger charge is 2.13. The van der Waals surface area contributed by atoms with Crippen molar-refractivity contribution < 1.29 is 34.4 Å². The lowest BCUT2D eigenvalue weighted by Crippen LogP contribution is -2.06. The van der Waals surface area contributed by atoms with Crippen molar-refractivity contribution in [3.8, 4) is 0 Å². The summed E-state index contributed by atoms with van der Waals surface area (Å²) in [7, 11) is 0. The molecule has 0 bridgehead atoms. The topological polar surface area (TPSA) is 121 Å². The Bertz CT molecular complexity index is 661. The van der Waals surface area contributed by atoms with E-state index in [-0.39, 0.29) is 11.1 Å². The average Bonchev–Trinajstić information content (AvgIpc) is 2.64. The summed E-state index contributed by atoms with van der Waals surface area (Å²) in [6.45, 7) is 5.67. The van der Waals surface area contributed by atoms with E-state index in [4.69, 9.17) is 20.1 Å². The SMILES string of the molecule is CCOCC.O=C(O)c1ccccc1.O=C(O)c1ccccc1C(=O)O. The van der Waals surface area contributed by atoms with Crippen molar-refractivity contribution in [1.82, 2.24) is 0 Å². The van der Waals surface area contributed by atoms with Gasteiger partial charge in [0.05, 0.1) is 16.7 Å². The Kier molecular flexibility index (Phi) is 11.5. The maximum absolute atomic E-state index is 10.5. The molecule has 26 heavy (non-hydrogen) atoms. The molecule has 0 fully saturated rings. The second-order valence-electron chi connectivity index (χ2n) is 4.61. The maximum atomic E-state index is 10.5. The quantitative estimate of drug-likeness (QED) is 0.744. The molecule has 2 rings (SSSR count). The van der Waals surface area contributed by atoms with Crippen molar-refractivity contribution in [2.24, 2.45) is 0 Å². The fourth-order valence-electron chi connectivity index (χ4n) is 1.64. The van der Waals surface area contributed by atoms with Gasteiger partial charge in [-0.25, -0.2) is 14.4 Å². The van der Waals surface area contributed by atoms with Gasteiger partial charge >= 0.3 is 17.9 Å². The first kappa shape index (κ1) is 22.8. The highest BCUT2D eigenvalue weighted by Crippen LogP contribution is 2.07. The van der Waals surface area contributed by atoms with Crippen molar-refractivity contribution in [2.75, 3.05) is 13.2 Å². The van der Waals surface area contributed by atoms with Gasteiger partial charge in [0.15, 0.2) is 0 Å². The molecule has 0 aliphatic carbocycles. The van der Waals surface area contributed by atoms with E-state index in [1.165, 1.54) is 24.3 Å². The molecule has 0 heterocycles. The lowest BCUT2D eigenvalue weighted by atomic mass is 10.1. The van der Waals surface area contributed by atoms with E-state index in [2.05, 4.69) is 0 Å². The van der Waals surface area contributed by atoms with Gasteiger partial charge in [0.25, 0.3) is 0 Å². The Labute approximate surface area is 151 Å². The van der Waals surface area contributed by atoms with Crippen LogP contribution in [0.1, 0.15) is 44.9 Å². The highest BCUT2D eigenvalue weighted by atomic mass is 16.5. The summed E-state index contributed by atoms with van der Waals surface area (Å²) in [4.78, 5) is 31.1. The zero-order valence-electron chi connectivity index (χ0n) is 14.6. The van der Waals surface area contributed by atoms with Crippen molar-refractivity contribution in [1.29, 1.82) is 0 Å². The van der Waals surface area contributed by atoms with Gasteiger partial charge in [0.1, 0.15) is 0 Å². The van der Waals surface area contributed by atoms with Crippen LogP contribution in [-0.2, 0) is 4.74 Å². The van der Waals surface area contributed by atoms with Crippen LogP contribution in [0.3, 0.4) is 0 Å². The van der Waals surface area contributed by atoms with Crippen molar-refractivity contribution in [3.05, 3.63) is 71.3 Å². The molecule has 2 aromatic rings. The third kappa shape index (κ3) is 9.19. The number of carboxylic acids is 3. The molecule has 0 unspecified atom stereocenters. The minimum Gasteiger partial charge on any atom is -0.478 e. The third-order valence-corrected chi connectivity index (χ3v) is 2.82. The number of rotatable bonds is 5. The number of carbonyl (C=O) groups is 3. The average molecular weight is 362 g/mol. The molecule has 7 nitrogen and oxygen atoms in total. The number of aromatic carboxylic acids is 3. The van der Waals surface area contributed by atoms with Crippen LogP contribution in [0, 0.1) is 0 Å². The Balaban J connectivity index is 0.000000394. The molecule has 0 aliphatic rings. The predicted molar refractivity (Wildman–Crippen MR) is 95.9 cm³/mol. The summed E-state index contributed by atoms with van der Waals surface area (Å²) >= 11 is 0. The van der Waals surface area contributed by atoms with E-state index in [1.807, 2.05) is 13.8 Å². The van der Waals surface area contributed by atoms with Gasteiger partial charge in [-0.1, -0.05) is 30.3 Å². The van der Waals surface area contributed by atoms with Crippen molar-refractivity contribution in [3.63, 3.8) is 0 Å². The smallest absolute Gasteiger partial charge is 0.336 e. The summed E-state index contributed by atoms with van der Waals surface area (Å²) in [5, 5.41) is 25.5. The van der Waals surface area contributed by atoms with Gasteiger partial charge in [0.2, 0.25) is 0 Å². The zero-order valence-corrected chi connectivity index (χ0v) is 14.6. The molecule has 2 aromatic carbocycles. The number of benzene rings is 2. The van der Waals surface area contributed by atoms with Crippen molar-refractivity contribution in [2.45, 2.75) is 13.8 Å². The maximum Gasteiger partial charge on any atom is 0.336 e. The fraction of sp³-hybridized carbons (Fsp3) is 0.211. The predicted octanol–water partition coefficient (Wildman–Crippen LogP) is 3.51. The van der Waals surface area contributed by atoms with E-state index >= 15 is 0 Å². The minimum absolute atomic E-state index is 0.190. The van der Waals surface area contributed by atoms with Crippen LogP contribution in [0.5, 0.6) is 0 Å². The lowest BCUT2D eigenvalue weighted by Gasteiger charge is -1.98. The second kappa shape index (κ2) is 13.1. The van der Waals surface area contributed by atoms with E-state index in [9.17, 15) is 14.4 Å². The number of hydrogen-bond acceptors (Lipinski definition) is 4. The summed E-state index contributed by atoms with van der Waals surface area (Å²) in [5.74, 6) is -3.34. The number of carboxylic acid groups (broad SMARTS) is 3. The molecule has 7 heteroatoms. The largest absolute Gasteiger partial charge is 0.478 e. The molecule has 0 aromatic heterocycles. The molecule has 0 saturated carbocycles. The van der Waals surface area contributed by atoms with Crippen LogP contribution < -0.4 is 0 Å². The van der Waals surface area contributed by atoms with Crippen LogP contribution in [0.4, 0.5) is 0 Å². The Morgan fingerprint density at radius 1 is 0.692 bits per heavy atom. The number of ether oxygens (including phenoxy) is 1. The zero-order chi connectivity index (χ0) is 19.9. The summed E-state index contributed by atoms with van der Waals surface area (Å²) in [5.41, 5.74) is -0.0486. The summed E-state index contributed by atoms with van der Waals surface area (Å²) in [6, 6.07) is 13.8. The summed E-state index contributed by atoms with van der Waals surface area (Å²) in [6.07, 6.45) is 0. The van der Waals surface area contributed by atoms with Gasteiger partial charge in [-0.05, 0) is 38.1 Å². The van der Waals surface area contributed by atoms with E-state index in [1.54, 1.807) is 30.3 Å². The molecular formula is C19H22O7. The molecule has 0 amide bonds. The van der Waals surface area contributed by atoms with Crippen molar-refractivity contribution >= 4 is 17.9 Å². The molecule has 0 radical (unpaired) electrons. The monoisotopic (exact) mass is 362 g/mol. The molecule has 0 saturated heterocycles. The van der Waals surface area contributed by atoms with E-state index in [0.717, 1.165) is 13.2 Å². The van der Waals surface area contributed by atoms with E-state index < -0.39 is 17.9 Å². The van der Waals surface area contributed by atoms with Crippen LogP contribution >= 0.6 is 0 Å². The van der Waals surface area contributed by atoms with Gasteiger partial charge in [-0.3, -0.25) is 0 Å². The fourth-order valence-corrected chi connectivity index (χ4v) is 1.64. The first-order valence-corrected chi connectivity index (χ1v) is 7.76. The number of hydrogen-bond donors (Lipinski definition) is 3. The molecular weight excluding hydrogens is 340 g/mol. The van der Waals surface area contributed by atoms with Gasteiger partial charge in [-0.15, -0.1) is 0 Å².